The number of rotatable bonds is 1. The minimum Gasteiger partial charge on any atom is -0.352 e. The lowest BCUT2D eigenvalue weighted by atomic mass is 9.94. The number of nitrogens with zero attached hydrogens (tertiary/aromatic N) is 1. The molecule has 19 heavy (non-hydrogen) atoms. The van der Waals surface area contributed by atoms with Crippen LogP contribution in [0.4, 0.5) is 0 Å². The molecule has 4 atom stereocenters. The van der Waals surface area contributed by atoms with E-state index in [-0.39, 0.29) is 24.1 Å². The van der Waals surface area contributed by atoms with Crippen LogP contribution < -0.4 is 0 Å². The normalized spacial score (nSPS) is 36.7. The standard InChI is InChI=1S/C16H17NO2/c1-10-7-12-13(8-10)15(18)17-14(12)9-19-16(17)11-5-3-2-4-6-11/h2-6,12-14,16H,1,7-9H2/t12-,13+,14+,16+/m0/s1. The van der Waals surface area contributed by atoms with Crippen molar-refractivity contribution in [1.82, 2.24) is 4.90 Å². The molecule has 98 valence electrons. The largest absolute Gasteiger partial charge is 0.352 e. The highest BCUT2D eigenvalue weighted by molar-refractivity contribution is 5.84. The van der Waals surface area contributed by atoms with Crippen LogP contribution >= 0.6 is 0 Å². The second-order valence-electron chi connectivity index (χ2n) is 5.84. The number of fused-ring (bicyclic) bond motifs is 3. The summed E-state index contributed by atoms with van der Waals surface area (Å²) in [5.74, 6) is 0.848. The molecule has 0 aromatic heterocycles. The summed E-state index contributed by atoms with van der Waals surface area (Å²) in [6.45, 7) is 4.72. The van der Waals surface area contributed by atoms with Gasteiger partial charge in [0.2, 0.25) is 5.91 Å². The fourth-order valence-electron chi connectivity index (χ4n) is 3.90. The molecule has 4 rings (SSSR count). The number of carbonyl (C=O) groups excluding carboxylic acids is 1. The van der Waals surface area contributed by atoms with Gasteiger partial charge < -0.3 is 9.64 Å². The van der Waals surface area contributed by atoms with Gasteiger partial charge in [-0.05, 0) is 18.8 Å². The predicted molar refractivity (Wildman–Crippen MR) is 71.1 cm³/mol. The van der Waals surface area contributed by atoms with Crippen molar-refractivity contribution >= 4 is 5.91 Å². The van der Waals surface area contributed by atoms with Crippen LogP contribution in [0.25, 0.3) is 0 Å². The summed E-state index contributed by atoms with van der Waals surface area (Å²) < 4.78 is 5.90. The van der Waals surface area contributed by atoms with E-state index in [0.717, 1.165) is 18.4 Å². The second kappa shape index (κ2) is 3.94. The Labute approximate surface area is 112 Å². The maximum absolute atomic E-state index is 12.6. The van der Waals surface area contributed by atoms with Gasteiger partial charge >= 0.3 is 0 Å². The number of benzene rings is 1. The molecule has 1 aromatic carbocycles. The molecule has 0 N–H and O–H groups in total. The molecule has 3 nitrogen and oxygen atoms in total. The smallest absolute Gasteiger partial charge is 0.229 e. The molecule has 3 heteroatoms. The summed E-state index contributed by atoms with van der Waals surface area (Å²) in [5, 5.41) is 0. The molecule has 3 aliphatic rings. The van der Waals surface area contributed by atoms with Crippen LogP contribution in [0.2, 0.25) is 0 Å². The van der Waals surface area contributed by atoms with E-state index in [1.54, 1.807) is 0 Å². The van der Waals surface area contributed by atoms with Crippen molar-refractivity contribution in [3.63, 3.8) is 0 Å². The summed E-state index contributed by atoms with van der Waals surface area (Å²) in [5.41, 5.74) is 2.31. The molecule has 0 spiro atoms. The van der Waals surface area contributed by atoms with Crippen molar-refractivity contribution in [3.05, 3.63) is 48.0 Å². The van der Waals surface area contributed by atoms with Crippen LogP contribution in [0.3, 0.4) is 0 Å². The molecule has 0 unspecified atom stereocenters. The molecule has 1 aliphatic carbocycles. The minimum absolute atomic E-state index is 0.160. The topological polar surface area (TPSA) is 29.5 Å². The predicted octanol–water partition coefficient (Wildman–Crippen LogP) is 2.51. The Balaban J connectivity index is 1.67. The summed E-state index contributed by atoms with van der Waals surface area (Å²) in [7, 11) is 0. The first kappa shape index (κ1) is 11.2. The van der Waals surface area contributed by atoms with Crippen LogP contribution in [0.1, 0.15) is 24.6 Å². The molecule has 0 bridgehead atoms. The third-order valence-electron chi connectivity index (χ3n) is 4.74. The van der Waals surface area contributed by atoms with E-state index in [9.17, 15) is 4.79 Å². The van der Waals surface area contributed by atoms with Gasteiger partial charge in [-0.3, -0.25) is 4.79 Å². The molecule has 2 aliphatic heterocycles. The molecule has 1 amide bonds. The molecule has 1 aromatic rings. The van der Waals surface area contributed by atoms with Crippen molar-refractivity contribution < 1.29 is 9.53 Å². The minimum atomic E-state index is -0.183. The summed E-state index contributed by atoms with van der Waals surface area (Å²) in [4.78, 5) is 14.6. The SMILES string of the molecule is C=C1C[C@@H]2[C@H]3CO[C@H](c4ccccc4)N3C(=O)[C@@H]2C1. The van der Waals surface area contributed by atoms with Gasteiger partial charge in [-0.25, -0.2) is 0 Å². The summed E-state index contributed by atoms with van der Waals surface area (Å²) in [6, 6.07) is 10.3. The Morgan fingerprint density at radius 3 is 2.79 bits per heavy atom. The van der Waals surface area contributed by atoms with Crippen LogP contribution in [0, 0.1) is 11.8 Å². The van der Waals surface area contributed by atoms with Gasteiger partial charge in [0.25, 0.3) is 0 Å². The van der Waals surface area contributed by atoms with Crippen LogP contribution in [0.5, 0.6) is 0 Å². The van der Waals surface area contributed by atoms with Gasteiger partial charge in [0.1, 0.15) is 0 Å². The van der Waals surface area contributed by atoms with Gasteiger partial charge in [0.15, 0.2) is 6.23 Å². The zero-order chi connectivity index (χ0) is 13.0. The average molecular weight is 255 g/mol. The monoisotopic (exact) mass is 255 g/mol. The van der Waals surface area contributed by atoms with Gasteiger partial charge in [0.05, 0.1) is 12.6 Å². The molecule has 3 fully saturated rings. The average Bonchev–Trinajstić information content (AvgIpc) is 3.06. The molecular weight excluding hydrogens is 238 g/mol. The highest BCUT2D eigenvalue weighted by Crippen LogP contribution is 2.50. The Hall–Kier alpha value is -1.61. The highest BCUT2D eigenvalue weighted by atomic mass is 16.5. The number of amides is 1. The van der Waals surface area contributed by atoms with Gasteiger partial charge in [0, 0.05) is 11.5 Å². The van der Waals surface area contributed by atoms with E-state index in [1.807, 2.05) is 35.2 Å². The second-order valence-corrected chi connectivity index (χ2v) is 5.84. The Morgan fingerprint density at radius 1 is 1.21 bits per heavy atom. The van der Waals surface area contributed by atoms with E-state index in [1.165, 1.54) is 5.57 Å². The highest BCUT2D eigenvalue weighted by Gasteiger charge is 2.56. The zero-order valence-corrected chi connectivity index (χ0v) is 10.8. The Kier molecular flexibility index (Phi) is 2.33. The van der Waals surface area contributed by atoms with E-state index in [0.29, 0.717) is 12.5 Å². The van der Waals surface area contributed by atoms with Crippen molar-refractivity contribution in [2.75, 3.05) is 6.61 Å². The maximum Gasteiger partial charge on any atom is 0.229 e. The lowest BCUT2D eigenvalue weighted by Gasteiger charge is -2.24. The van der Waals surface area contributed by atoms with Crippen molar-refractivity contribution in [2.24, 2.45) is 11.8 Å². The lowest BCUT2D eigenvalue weighted by Crippen LogP contribution is -2.33. The van der Waals surface area contributed by atoms with Gasteiger partial charge in [-0.2, -0.15) is 0 Å². The number of hydrogen-bond donors (Lipinski definition) is 0. The first-order chi connectivity index (χ1) is 9.25. The van der Waals surface area contributed by atoms with E-state index in [2.05, 4.69) is 6.58 Å². The Bertz CT molecular complexity index is 539. The van der Waals surface area contributed by atoms with E-state index in [4.69, 9.17) is 4.74 Å². The quantitative estimate of drug-likeness (QED) is 0.722. The number of carbonyl (C=O) groups is 1. The maximum atomic E-state index is 12.6. The fourth-order valence-corrected chi connectivity index (χ4v) is 3.90. The number of hydrogen-bond acceptors (Lipinski definition) is 2. The number of ether oxygens (including phenoxy) is 1. The molecule has 0 radical (unpaired) electrons. The third kappa shape index (κ3) is 1.51. The van der Waals surface area contributed by atoms with Gasteiger partial charge in [-0.15, -0.1) is 0 Å². The fraction of sp³-hybridized carbons (Fsp3) is 0.438. The third-order valence-corrected chi connectivity index (χ3v) is 4.74. The van der Waals surface area contributed by atoms with Crippen LogP contribution in [-0.2, 0) is 9.53 Å². The van der Waals surface area contributed by atoms with Crippen molar-refractivity contribution in [3.8, 4) is 0 Å². The molecule has 2 heterocycles. The zero-order valence-electron chi connectivity index (χ0n) is 10.8. The van der Waals surface area contributed by atoms with Gasteiger partial charge in [-0.1, -0.05) is 42.5 Å². The van der Waals surface area contributed by atoms with Crippen molar-refractivity contribution in [1.29, 1.82) is 0 Å². The lowest BCUT2D eigenvalue weighted by molar-refractivity contribution is -0.137. The van der Waals surface area contributed by atoms with Crippen LogP contribution in [0.15, 0.2) is 42.5 Å². The summed E-state index contributed by atoms with van der Waals surface area (Å²) >= 11 is 0. The molecule has 1 saturated carbocycles. The van der Waals surface area contributed by atoms with E-state index >= 15 is 0 Å². The Morgan fingerprint density at radius 2 is 2.00 bits per heavy atom. The molecular formula is C16H17NO2. The summed E-state index contributed by atoms with van der Waals surface area (Å²) in [6.07, 6.45) is 1.68. The van der Waals surface area contributed by atoms with E-state index < -0.39 is 0 Å². The van der Waals surface area contributed by atoms with Crippen LogP contribution in [-0.4, -0.2) is 23.5 Å². The molecule has 2 saturated heterocycles. The first-order valence-corrected chi connectivity index (χ1v) is 6.91. The first-order valence-electron chi connectivity index (χ1n) is 6.91. The van der Waals surface area contributed by atoms with Crippen molar-refractivity contribution in [2.45, 2.75) is 25.1 Å². The number of allylic oxidation sites excluding steroid dienone is 1.